The molecule has 1 aliphatic rings. The molecule has 84 valence electrons. The summed E-state index contributed by atoms with van der Waals surface area (Å²) in [6, 6.07) is 10.1. The molecule has 0 spiro atoms. The van der Waals surface area contributed by atoms with E-state index in [1.165, 1.54) is 5.56 Å². The van der Waals surface area contributed by atoms with Gasteiger partial charge < -0.3 is 5.11 Å². The second-order valence-electron chi connectivity index (χ2n) is 4.30. The van der Waals surface area contributed by atoms with E-state index in [1.807, 2.05) is 30.3 Å². The third kappa shape index (κ3) is 2.32. The summed E-state index contributed by atoms with van der Waals surface area (Å²) in [6.45, 7) is 0. The molecular formula is C14H16O2. The second kappa shape index (κ2) is 4.97. The molecule has 2 rings (SSSR count). The van der Waals surface area contributed by atoms with Gasteiger partial charge in [0.25, 0.3) is 0 Å². The van der Waals surface area contributed by atoms with Crippen molar-refractivity contribution in [2.24, 2.45) is 5.92 Å². The van der Waals surface area contributed by atoms with Crippen LogP contribution in [0.25, 0.3) is 0 Å². The Morgan fingerprint density at radius 2 is 2.06 bits per heavy atom. The second-order valence-corrected chi connectivity index (χ2v) is 4.30. The lowest BCUT2D eigenvalue weighted by molar-refractivity contribution is -0.120. The molecule has 1 aromatic rings. The molecule has 1 N–H and O–H groups in total. The molecule has 1 aromatic carbocycles. The summed E-state index contributed by atoms with van der Waals surface area (Å²) in [6.07, 6.45) is 4.43. The smallest absolute Gasteiger partial charge is 0.165 e. The van der Waals surface area contributed by atoms with E-state index in [2.05, 4.69) is 0 Å². The first-order valence-corrected chi connectivity index (χ1v) is 5.72. The Balaban J connectivity index is 2.08. The van der Waals surface area contributed by atoms with Crippen LogP contribution in [0.4, 0.5) is 0 Å². The van der Waals surface area contributed by atoms with Gasteiger partial charge in [0.2, 0.25) is 0 Å². The van der Waals surface area contributed by atoms with Crippen molar-refractivity contribution in [2.45, 2.75) is 25.7 Å². The summed E-state index contributed by atoms with van der Waals surface area (Å²) in [5, 5.41) is 8.96. The normalized spacial score (nSPS) is 23.6. The SMILES string of the molecule is O=C1/C(=C/O)CCCC1Cc1ccccc1. The third-order valence-corrected chi connectivity index (χ3v) is 3.17. The number of ketones is 1. The molecule has 2 heteroatoms. The van der Waals surface area contributed by atoms with Crippen LogP contribution in [0.15, 0.2) is 42.2 Å². The van der Waals surface area contributed by atoms with Crippen LogP contribution in [0, 0.1) is 5.92 Å². The van der Waals surface area contributed by atoms with Crippen molar-refractivity contribution in [3.8, 4) is 0 Å². The van der Waals surface area contributed by atoms with Crippen LogP contribution in [0.5, 0.6) is 0 Å². The van der Waals surface area contributed by atoms with E-state index < -0.39 is 0 Å². The highest BCUT2D eigenvalue weighted by molar-refractivity contribution is 5.97. The van der Waals surface area contributed by atoms with Gasteiger partial charge in [-0.2, -0.15) is 0 Å². The van der Waals surface area contributed by atoms with Crippen molar-refractivity contribution in [1.29, 1.82) is 0 Å². The lowest BCUT2D eigenvalue weighted by Gasteiger charge is -2.22. The molecule has 0 amide bonds. The Morgan fingerprint density at radius 3 is 2.75 bits per heavy atom. The van der Waals surface area contributed by atoms with Crippen molar-refractivity contribution in [1.82, 2.24) is 0 Å². The predicted molar refractivity (Wildman–Crippen MR) is 63.2 cm³/mol. The zero-order valence-electron chi connectivity index (χ0n) is 9.23. The molecule has 1 fully saturated rings. The fraction of sp³-hybridized carbons (Fsp3) is 0.357. The molecule has 1 unspecified atom stereocenters. The summed E-state index contributed by atoms with van der Waals surface area (Å²) in [7, 11) is 0. The maximum atomic E-state index is 11.9. The number of carbonyl (C=O) groups is 1. The minimum Gasteiger partial charge on any atom is -0.515 e. The van der Waals surface area contributed by atoms with Crippen LogP contribution in [-0.2, 0) is 11.2 Å². The van der Waals surface area contributed by atoms with Crippen LogP contribution >= 0.6 is 0 Å². The van der Waals surface area contributed by atoms with E-state index in [1.54, 1.807) is 0 Å². The molecule has 2 nitrogen and oxygen atoms in total. The zero-order chi connectivity index (χ0) is 11.4. The van der Waals surface area contributed by atoms with Gasteiger partial charge in [0.1, 0.15) is 0 Å². The third-order valence-electron chi connectivity index (χ3n) is 3.17. The van der Waals surface area contributed by atoms with Gasteiger partial charge in [-0.1, -0.05) is 30.3 Å². The van der Waals surface area contributed by atoms with Gasteiger partial charge in [-0.3, -0.25) is 4.79 Å². The Kier molecular flexibility index (Phi) is 3.40. The molecule has 1 saturated carbocycles. The van der Waals surface area contributed by atoms with Gasteiger partial charge in [-0.15, -0.1) is 0 Å². The summed E-state index contributed by atoms with van der Waals surface area (Å²) in [5.74, 6) is 0.173. The topological polar surface area (TPSA) is 37.3 Å². The molecule has 0 aromatic heterocycles. The highest BCUT2D eigenvalue weighted by atomic mass is 16.2. The van der Waals surface area contributed by atoms with Gasteiger partial charge >= 0.3 is 0 Å². The van der Waals surface area contributed by atoms with Crippen molar-refractivity contribution in [2.75, 3.05) is 0 Å². The van der Waals surface area contributed by atoms with Crippen LogP contribution in [0.1, 0.15) is 24.8 Å². The number of aliphatic hydroxyl groups excluding tert-OH is 1. The van der Waals surface area contributed by atoms with E-state index in [0.29, 0.717) is 5.57 Å². The predicted octanol–water partition coefficient (Wildman–Crippen LogP) is 3.04. The van der Waals surface area contributed by atoms with Crippen LogP contribution in [-0.4, -0.2) is 10.9 Å². The highest BCUT2D eigenvalue weighted by Crippen LogP contribution is 2.27. The first kappa shape index (κ1) is 10.9. The monoisotopic (exact) mass is 216 g/mol. The average molecular weight is 216 g/mol. The van der Waals surface area contributed by atoms with Crippen molar-refractivity contribution in [3.63, 3.8) is 0 Å². The Morgan fingerprint density at radius 1 is 1.31 bits per heavy atom. The Bertz CT molecular complexity index is 392. The highest BCUT2D eigenvalue weighted by Gasteiger charge is 2.26. The fourth-order valence-corrected chi connectivity index (χ4v) is 2.28. The lowest BCUT2D eigenvalue weighted by atomic mass is 9.81. The largest absolute Gasteiger partial charge is 0.515 e. The standard InChI is InChI=1S/C14H16O2/c15-10-13-8-4-7-12(14(13)16)9-11-5-2-1-3-6-11/h1-3,5-6,10,12,15H,4,7-9H2/b13-10+. The molecule has 16 heavy (non-hydrogen) atoms. The molecule has 0 aliphatic heterocycles. The Hall–Kier alpha value is -1.57. The number of Topliss-reactive ketones (excluding diaryl/α,β-unsaturated/α-hetero) is 1. The number of carbonyl (C=O) groups excluding carboxylic acids is 1. The molecular weight excluding hydrogens is 200 g/mol. The van der Waals surface area contributed by atoms with E-state index in [0.717, 1.165) is 31.9 Å². The first-order valence-electron chi connectivity index (χ1n) is 5.72. The molecule has 0 bridgehead atoms. The number of hydrogen-bond donors (Lipinski definition) is 1. The van der Waals surface area contributed by atoms with E-state index in [4.69, 9.17) is 5.11 Å². The first-order chi connectivity index (χ1) is 7.81. The van der Waals surface area contributed by atoms with Gasteiger partial charge in [0.05, 0.1) is 6.26 Å². The number of allylic oxidation sites excluding steroid dienone is 1. The Labute approximate surface area is 95.6 Å². The average Bonchev–Trinajstić information content (AvgIpc) is 2.33. The molecule has 0 saturated heterocycles. The lowest BCUT2D eigenvalue weighted by Crippen LogP contribution is -2.23. The number of aliphatic hydroxyl groups is 1. The van der Waals surface area contributed by atoms with E-state index in [9.17, 15) is 4.79 Å². The van der Waals surface area contributed by atoms with Crippen LogP contribution in [0.2, 0.25) is 0 Å². The summed E-state index contributed by atoms with van der Waals surface area (Å²) >= 11 is 0. The van der Waals surface area contributed by atoms with Gasteiger partial charge in [0.15, 0.2) is 5.78 Å². The quantitative estimate of drug-likeness (QED) is 0.609. The van der Waals surface area contributed by atoms with Gasteiger partial charge in [-0.25, -0.2) is 0 Å². The number of hydrogen-bond acceptors (Lipinski definition) is 2. The zero-order valence-corrected chi connectivity index (χ0v) is 9.23. The minimum atomic E-state index is 0.0505. The number of rotatable bonds is 2. The molecule has 0 radical (unpaired) electrons. The summed E-state index contributed by atoms with van der Waals surface area (Å²) in [5.41, 5.74) is 1.78. The summed E-state index contributed by atoms with van der Waals surface area (Å²) in [4.78, 5) is 11.9. The van der Waals surface area contributed by atoms with Crippen LogP contribution in [0.3, 0.4) is 0 Å². The van der Waals surface area contributed by atoms with Gasteiger partial charge in [0, 0.05) is 11.5 Å². The van der Waals surface area contributed by atoms with Crippen molar-refractivity contribution in [3.05, 3.63) is 47.7 Å². The summed E-state index contributed by atoms with van der Waals surface area (Å²) < 4.78 is 0. The van der Waals surface area contributed by atoms with E-state index in [-0.39, 0.29) is 11.7 Å². The van der Waals surface area contributed by atoms with Crippen molar-refractivity contribution < 1.29 is 9.90 Å². The van der Waals surface area contributed by atoms with Gasteiger partial charge in [-0.05, 0) is 31.2 Å². The molecule has 1 atom stereocenters. The fourth-order valence-electron chi connectivity index (χ4n) is 2.28. The molecule has 0 heterocycles. The maximum absolute atomic E-state index is 11.9. The van der Waals surface area contributed by atoms with E-state index >= 15 is 0 Å². The van der Waals surface area contributed by atoms with Crippen LogP contribution < -0.4 is 0 Å². The molecule has 1 aliphatic carbocycles. The maximum Gasteiger partial charge on any atom is 0.165 e. The minimum absolute atomic E-state index is 0.0505. The van der Waals surface area contributed by atoms with Crippen molar-refractivity contribution >= 4 is 5.78 Å². The number of benzene rings is 1.